The minimum absolute atomic E-state index is 0.0795. The van der Waals surface area contributed by atoms with Crippen LogP contribution in [0.25, 0.3) is 0 Å². The highest BCUT2D eigenvalue weighted by atomic mass is 79.9. The van der Waals surface area contributed by atoms with E-state index in [-0.39, 0.29) is 5.78 Å². The SMILES string of the molecule is CSc1cccc(C(=O)c2ccc(Br)cc2C)c1. The first-order valence-electron chi connectivity index (χ1n) is 5.56. The van der Waals surface area contributed by atoms with Crippen LogP contribution in [0.15, 0.2) is 51.8 Å². The van der Waals surface area contributed by atoms with E-state index in [1.165, 1.54) is 0 Å². The van der Waals surface area contributed by atoms with Gasteiger partial charge in [-0.25, -0.2) is 0 Å². The van der Waals surface area contributed by atoms with Crippen LogP contribution in [0.2, 0.25) is 0 Å². The van der Waals surface area contributed by atoms with Crippen molar-refractivity contribution in [2.75, 3.05) is 6.26 Å². The molecule has 2 aromatic carbocycles. The Kier molecular flexibility index (Phi) is 4.25. The molecule has 2 rings (SSSR count). The number of halogens is 1. The van der Waals surface area contributed by atoms with Crippen LogP contribution in [-0.4, -0.2) is 12.0 Å². The fourth-order valence-corrected chi connectivity index (χ4v) is 2.74. The fraction of sp³-hybridized carbons (Fsp3) is 0.133. The Balaban J connectivity index is 2.41. The van der Waals surface area contributed by atoms with Crippen molar-refractivity contribution in [3.05, 3.63) is 63.6 Å². The van der Waals surface area contributed by atoms with Crippen molar-refractivity contribution < 1.29 is 4.79 Å². The average molecular weight is 321 g/mol. The van der Waals surface area contributed by atoms with Crippen LogP contribution in [0.5, 0.6) is 0 Å². The highest BCUT2D eigenvalue weighted by Gasteiger charge is 2.12. The maximum atomic E-state index is 12.4. The maximum Gasteiger partial charge on any atom is 0.193 e. The summed E-state index contributed by atoms with van der Waals surface area (Å²) < 4.78 is 0.995. The lowest BCUT2D eigenvalue weighted by molar-refractivity contribution is 0.103. The molecular formula is C15H13BrOS. The number of benzene rings is 2. The summed E-state index contributed by atoms with van der Waals surface area (Å²) in [5.41, 5.74) is 2.49. The lowest BCUT2D eigenvalue weighted by Gasteiger charge is -2.06. The molecule has 0 radical (unpaired) electrons. The third-order valence-corrected chi connectivity index (χ3v) is 3.98. The van der Waals surface area contributed by atoms with Crippen LogP contribution in [0, 0.1) is 6.92 Å². The zero-order valence-electron chi connectivity index (χ0n) is 10.2. The van der Waals surface area contributed by atoms with Crippen molar-refractivity contribution in [1.29, 1.82) is 0 Å². The summed E-state index contributed by atoms with van der Waals surface area (Å²) in [4.78, 5) is 13.5. The standard InChI is InChI=1S/C15H13BrOS/c1-10-8-12(16)6-7-14(10)15(17)11-4-3-5-13(9-11)18-2/h3-9H,1-2H3. The Morgan fingerprint density at radius 1 is 1.17 bits per heavy atom. The first-order chi connectivity index (χ1) is 8.61. The second kappa shape index (κ2) is 5.72. The Bertz CT molecular complexity index is 593. The smallest absolute Gasteiger partial charge is 0.193 e. The summed E-state index contributed by atoms with van der Waals surface area (Å²) in [7, 11) is 0. The van der Waals surface area contributed by atoms with Gasteiger partial charge in [0.05, 0.1) is 0 Å². The van der Waals surface area contributed by atoms with Gasteiger partial charge in [0.25, 0.3) is 0 Å². The quantitative estimate of drug-likeness (QED) is 0.601. The molecule has 0 aliphatic rings. The predicted octanol–water partition coefficient (Wildman–Crippen LogP) is 4.71. The largest absolute Gasteiger partial charge is 0.289 e. The molecule has 92 valence electrons. The second-order valence-electron chi connectivity index (χ2n) is 4.02. The van der Waals surface area contributed by atoms with Crippen LogP contribution in [-0.2, 0) is 0 Å². The van der Waals surface area contributed by atoms with Gasteiger partial charge in [-0.15, -0.1) is 11.8 Å². The molecule has 1 nitrogen and oxygen atoms in total. The number of carbonyl (C=O) groups excluding carboxylic acids is 1. The van der Waals surface area contributed by atoms with Crippen molar-refractivity contribution in [3.8, 4) is 0 Å². The van der Waals surface area contributed by atoms with Gasteiger partial charge >= 0.3 is 0 Å². The zero-order valence-corrected chi connectivity index (χ0v) is 12.6. The summed E-state index contributed by atoms with van der Waals surface area (Å²) in [5.74, 6) is 0.0795. The van der Waals surface area contributed by atoms with E-state index in [9.17, 15) is 4.79 Å². The third kappa shape index (κ3) is 2.85. The molecule has 0 aliphatic carbocycles. The lowest BCUT2D eigenvalue weighted by Crippen LogP contribution is -2.03. The third-order valence-electron chi connectivity index (χ3n) is 2.77. The first kappa shape index (κ1) is 13.4. The molecule has 0 N–H and O–H groups in total. The summed E-state index contributed by atoms with van der Waals surface area (Å²) in [5, 5.41) is 0. The molecule has 0 spiro atoms. The molecule has 0 fully saturated rings. The molecule has 0 amide bonds. The van der Waals surface area contributed by atoms with E-state index in [4.69, 9.17) is 0 Å². The average Bonchev–Trinajstić information content (AvgIpc) is 2.38. The predicted molar refractivity (Wildman–Crippen MR) is 80.5 cm³/mol. The fourth-order valence-electron chi connectivity index (χ4n) is 1.80. The zero-order chi connectivity index (χ0) is 13.1. The van der Waals surface area contributed by atoms with Gasteiger partial charge in [0, 0.05) is 20.5 Å². The van der Waals surface area contributed by atoms with E-state index in [2.05, 4.69) is 15.9 Å². The van der Waals surface area contributed by atoms with Gasteiger partial charge in [-0.05, 0) is 49.1 Å². The summed E-state index contributed by atoms with van der Waals surface area (Å²) in [6.45, 7) is 1.95. The molecule has 0 aliphatic heterocycles. The van der Waals surface area contributed by atoms with E-state index < -0.39 is 0 Å². The molecule has 3 heteroatoms. The van der Waals surface area contributed by atoms with Crippen LogP contribution in [0.3, 0.4) is 0 Å². The summed E-state index contributed by atoms with van der Waals surface area (Å²) >= 11 is 5.05. The van der Waals surface area contributed by atoms with Gasteiger partial charge in [-0.1, -0.05) is 28.1 Å². The van der Waals surface area contributed by atoms with Crippen molar-refractivity contribution in [3.63, 3.8) is 0 Å². The lowest BCUT2D eigenvalue weighted by atomic mass is 9.99. The second-order valence-corrected chi connectivity index (χ2v) is 5.82. The molecule has 0 atom stereocenters. The Hall–Kier alpha value is -1.06. The Morgan fingerprint density at radius 2 is 1.94 bits per heavy atom. The minimum atomic E-state index is 0.0795. The van der Waals surface area contributed by atoms with Gasteiger partial charge in [-0.2, -0.15) is 0 Å². The molecule has 0 saturated heterocycles. The number of carbonyl (C=O) groups is 1. The molecule has 0 aromatic heterocycles. The van der Waals surface area contributed by atoms with E-state index in [0.29, 0.717) is 0 Å². The van der Waals surface area contributed by atoms with Gasteiger partial charge in [0.15, 0.2) is 5.78 Å². The van der Waals surface area contributed by atoms with Crippen molar-refractivity contribution in [1.82, 2.24) is 0 Å². The van der Waals surface area contributed by atoms with Crippen LogP contribution in [0.1, 0.15) is 21.5 Å². The first-order valence-corrected chi connectivity index (χ1v) is 7.58. The molecule has 0 unspecified atom stereocenters. The van der Waals surface area contributed by atoms with Crippen molar-refractivity contribution in [2.24, 2.45) is 0 Å². The molecule has 18 heavy (non-hydrogen) atoms. The van der Waals surface area contributed by atoms with Gasteiger partial charge in [0.1, 0.15) is 0 Å². The molecule has 0 heterocycles. The Morgan fingerprint density at radius 3 is 2.61 bits per heavy atom. The van der Waals surface area contributed by atoms with E-state index in [1.54, 1.807) is 11.8 Å². The number of aryl methyl sites for hydroxylation is 1. The Labute approximate surface area is 120 Å². The molecule has 0 bridgehead atoms. The summed E-state index contributed by atoms with van der Waals surface area (Å²) in [6.07, 6.45) is 2.01. The van der Waals surface area contributed by atoms with Crippen LogP contribution < -0.4 is 0 Å². The molecule has 0 saturated carbocycles. The number of hydrogen-bond donors (Lipinski definition) is 0. The van der Waals surface area contributed by atoms with Crippen LogP contribution >= 0.6 is 27.7 Å². The monoisotopic (exact) mass is 320 g/mol. The molecule has 2 aromatic rings. The van der Waals surface area contributed by atoms with Gasteiger partial charge < -0.3 is 0 Å². The summed E-state index contributed by atoms with van der Waals surface area (Å²) in [6, 6.07) is 13.5. The van der Waals surface area contributed by atoms with Gasteiger partial charge in [0.2, 0.25) is 0 Å². The van der Waals surface area contributed by atoms with E-state index in [0.717, 1.165) is 26.1 Å². The van der Waals surface area contributed by atoms with Crippen LogP contribution in [0.4, 0.5) is 0 Å². The number of ketones is 1. The number of thioether (sulfide) groups is 1. The number of hydrogen-bond acceptors (Lipinski definition) is 2. The van der Waals surface area contributed by atoms with Gasteiger partial charge in [-0.3, -0.25) is 4.79 Å². The highest BCUT2D eigenvalue weighted by Crippen LogP contribution is 2.21. The topological polar surface area (TPSA) is 17.1 Å². The highest BCUT2D eigenvalue weighted by molar-refractivity contribution is 9.10. The van der Waals surface area contributed by atoms with E-state index in [1.807, 2.05) is 55.6 Å². The van der Waals surface area contributed by atoms with Crippen molar-refractivity contribution in [2.45, 2.75) is 11.8 Å². The van der Waals surface area contributed by atoms with Crippen molar-refractivity contribution >= 4 is 33.5 Å². The van der Waals surface area contributed by atoms with E-state index >= 15 is 0 Å². The normalized spacial score (nSPS) is 10.4. The molecular weight excluding hydrogens is 308 g/mol. The minimum Gasteiger partial charge on any atom is -0.289 e. The number of rotatable bonds is 3. The maximum absolute atomic E-state index is 12.4.